The summed E-state index contributed by atoms with van der Waals surface area (Å²) < 4.78 is 20.6. The second-order valence-electron chi connectivity index (χ2n) is 9.95. The van der Waals surface area contributed by atoms with Gasteiger partial charge in [0.2, 0.25) is 5.91 Å². The van der Waals surface area contributed by atoms with Crippen LogP contribution in [0.5, 0.6) is 0 Å². The molecule has 0 aromatic heterocycles. The molecule has 0 bridgehead atoms. The van der Waals surface area contributed by atoms with Gasteiger partial charge in [-0.2, -0.15) is 0 Å². The number of carbonyl (C=O) groups is 1. The summed E-state index contributed by atoms with van der Waals surface area (Å²) in [6.45, 7) is 7.31. The predicted octanol–water partition coefficient (Wildman–Crippen LogP) is 4.20. The van der Waals surface area contributed by atoms with Crippen LogP contribution in [0.25, 0.3) is 0 Å². The molecule has 2 atom stereocenters. The van der Waals surface area contributed by atoms with Crippen molar-refractivity contribution in [1.82, 2.24) is 4.90 Å². The van der Waals surface area contributed by atoms with E-state index >= 15 is 4.39 Å². The normalized spacial score (nSPS) is 28.9. The average molecular weight is 430 g/mol. The number of hydrogen-bond acceptors (Lipinski definition) is 4. The molecule has 1 amide bonds. The molecular weight excluding hydrogens is 393 g/mol. The second-order valence-corrected chi connectivity index (χ2v) is 9.95. The van der Waals surface area contributed by atoms with Gasteiger partial charge in [-0.15, -0.1) is 0 Å². The van der Waals surface area contributed by atoms with Gasteiger partial charge in [-0.05, 0) is 69.7 Å². The minimum atomic E-state index is -0.337. The second kappa shape index (κ2) is 8.70. The Morgan fingerprint density at radius 3 is 2.74 bits per heavy atom. The van der Waals surface area contributed by atoms with Crippen LogP contribution in [0.1, 0.15) is 58.3 Å². The van der Waals surface area contributed by atoms with E-state index in [1.54, 1.807) is 11.0 Å². The van der Waals surface area contributed by atoms with Crippen LogP contribution in [0.15, 0.2) is 18.2 Å². The predicted molar refractivity (Wildman–Crippen MR) is 121 cm³/mol. The molecule has 31 heavy (non-hydrogen) atoms. The van der Waals surface area contributed by atoms with Crippen LogP contribution in [0.2, 0.25) is 0 Å². The molecule has 4 heterocycles. The van der Waals surface area contributed by atoms with Crippen molar-refractivity contribution in [2.75, 3.05) is 49.2 Å². The number of amides is 1. The number of likely N-dealkylation sites (tertiary alicyclic amines) is 1. The maximum Gasteiger partial charge on any atom is 0.233 e. The van der Waals surface area contributed by atoms with Crippen molar-refractivity contribution in [3.8, 4) is 0 Å². The zero-order valence-electron chi connectivity index (χ0n) is 18.8. The highest BCUT2D eigenvalue weighted by atomic mass is 19.1. The van der Waals surface area contributed by atoms with E-state index in [1.807, 2.05) is 12.1 Å². The van der Waals surface area contributed by atoms with Gasteiger partial charge in [-0.25, -0.2) is 4.39 Å². The fraction of sp³-hybridized carbons (Fsp3) is 0.720. The first kappa shape index (κ1) is 21.2. The quantitative estimate of drug-likeness (QED) is 0.703. The number of benzene rings is 1. The van der Waals surface area contributed by atoms with Gasteiger partial charge in [-0.1, -0.05) is 13.3 Å². The monoisotopic (exact) mass is 429 g/mol. The molecule has 4 aliphatic rings. The summed E-state index contributed by atoms with van der Waals surface area (Å²) in [5.41, 5.74) is 1.05. The third-order valence-electron chi connectivity index (χ3n) is 8.23. The molecule has 5 nitrogen and oxygen atoms in total. The molecular formula is C25H36FN3O2. The molecule has 4 aliphatic heterocycles. The van der Waals surface area contributed by atoms with Crippen LogP contribution in [0.4, 0.5) is 15.8 Å². The van der Waals surface area contributed by atoms with Crippen molar-refractivity contribution in [3.05, 3.63) is 24.0 Å². The maximum atomic E-state index is 15.2. The Hall–Kier alpha value is -1.66. The standard InChI is InChI=1S/C25H36FN3O2/c1-2-4-19-5-3-12-28(19)21-8-13-27(18-21)20-6-7-23(22(26)17-20)29-14-9-25(24(29)30)10-15-31-16-11-25/h6-7,17,19,21H,2-5,8-16,18H2,1H3. The van der Waals surface area contributed by atoms with Crippen molar-refractivity contribution in [3.63, 3.8) is 0 Å². The molecule has 5 rings (SSSR count). The van der Waals surface area contributed by atoms with E-state index in [0.29, 0.717) is 31.5 Å². The van der Waals surface area contributed by atoms with Crippen LogP contribution in [0, 0.1) is 11.2 Å². The molecule has 4 saturated heterocycles. The van der Waals surface area contributed by atoms with Crippen LogP contribution in [-0.2, 0) is 9.53 Å². The first-order valence-corrected chi connectivity index (χ1v) is 12.3. The van der Waals surface area contributed by atoms with Crippen molar-refractivity contribution < 1.29 is 13.9 Å². The van der Waals surface area contributed by atoms with Gasteiger partial charge >= 0.3 is 0 Å². The van der Waals surface area contributed by atoms with Crippen molar-refractivity contribution in [2.24, 2.45) is 5.41 Å². The zero-order chi connectivity index (χ0) is 21.4. The smallest absolute Gasteiger partial charge is 0.233 e. The van der Waals surface area contributed by atoms with E-state index < -0.39 is 0 Å². The lowest BCUT2D eigenvalue weighted by Gasteiger charge is -2.31. The van der Waals surface area contributed by atoms with Gasteiger partial charge in [0, 0.05) is 50.6 Å². The number of nitrogens with zero attached hydrogens (tertiary/aromatic N) is 3. The summed E-state index contributed by atoms with van der Waals surface area (Å²) in [4.78, 5) is 19.9. The topological polar surface area (TPSA) is 36.0 Å². The fourth-order valence-electron chi connectivity index (χ4n) is 6.42. The number of ether oxygens (including phenoxy) is 1. The Kier molecular flexibility index (Phi) is 5.95. The molecule has 0 aliphatic carbocycles. The molecule has 2 unspecified atom stereocenters. The minimum absolute atomic E-state index is 0.0830. The van der Waals surface area contributed by atoms with Crippen LogP contribution in [-0.4, -0.2) is 62.3 Å². The summed E-state index contributed by atoms with van der Waals surface area (Å²) in [5, 5.41) is 0. The van der Waals surface area contributed by atoms with Crippen LogP contribution in [0.3, 0.4) is 0 Å². The highest BCUT2D eigenvalue weighted by Crippen LogP contribution is 2.43. The highest BCUT2D eigenvalue weighted by Gasteiger charge is 2.48. The molecule has 0 radical (unpaired) electrons. The first-order valence-electron chi connectivity index (χ1n) is 12.3. The van der Waals surface area contributed by atoms with Gasteiger partial charge in [0.05, 0.1) is 11.1 Å². The van der Waals surface area contributed by atoms with Gasteiger partial charge < -0.3 is 14.5 Å². The van der Waals surface area contributed by atoms with Gasteiger partial charge in [0.15, 0.2) is 0 Å². The van der Waals surface area contributed by atoms with Crippen molar-refractivity contribution in [2.45, 2.75) is 70.4 Å². The van der Waals surface area contributed by atoms with E-state index in [-0.39, 0.29) is 17.1 Å². The molecule has 6 heteroatoms. The van der Waals surface area contributed by atoms with Gasteiger partial charge in [-0.3, -0.25) is 9.69 Å². The molecule has 4 fully saturated rings. The van der Waals surface area contributed by atoms with E-state index in [9.17, 15) is 4.79 Å². The number of rotatable bonds is 5. The SMILES string of the molecule is CCCC1CCCN1C1CCN(c2ccc(N3CCC4(CCOCC4)C3=O)c(F)c2)C1. The number of carbonyl (C=O) groups excluding carboxylic acids is 1. The van der Waals surface area contributed by atoms with Crippen LogP contribution >= 0.6 is 0 Å². The number of anilines is 2. The Labute approximate surface area is 185 Å². The average Bonchev–Trinajstić information content (AvgIpc) is 3.50. The molecule has 0 N–H and O–H groups in total. The van der Waals surface area contributed by atoms with Gasteiger partial charge in [0.25, 0.3) is 0 Å². The third kappa shape index (κ3) is 3.86. The largest absolute Gasteiger partial charge is 0.381 e. The molecule has 170 valence electrons. The number of halogens is 1. The lowest BCUT2D eigenvalue weighted by atomic mass is 9.79. The summed E-state index contributed by atoms with van der Waals surface area (Å²) in [5.74, 6) is -0.192. The summed E-state index contributed by atoms with van der Waals surface area (Å²) in [7, 11) is 0. The van der Waals surface area contributed by atoms with E-state index in [0.717, 1.165) is 50.5 Å². The summed E-state index contributed by atoms with van der Waals surface area (Å²) >= 11 is 0. The zero-order valence-corrected chi connectivity index (χ0v) is 18.8. The molecule has 1 aromatic carbocycles. The van der Waals surface area contributed by atoms with E-state index in [4.69, 9.17) is 4.74 Å². The van der Waals surface area contributed by atoms with E-state index in [1.165, 1.54) is 32.2 Å². The minimum Gasteiger partial charge on any atom is -0.381 e. The Morgan fingerprint density at radius 2 is 1.97 bits per heavy atom. The number of hydrogen-bond donors (Lipinski definition) is 0. The van der Waals surface area contributed by atoms with Crippen molar-refractivity contribution in [1.29, 1.82) is 0 Å². The van der Waals surface area contributed by atoms with Gasteiger partial charge in [0.1, 0.15) is 5.82 Å². The molecule has 1 aromatic rings. The molecule has 0 saturated carbocycles. The highest BCUT2D eigenvalue weighted by molar-refractivity contribution is 6.00. The van der Waals surface area contributed by atoms with Crippen molar-refractivity contribution >= 4 is 17.3 Å². The lowest BCUT2D eigenvalue weighted by molar-refractivity contribution is -0.130. The lowest BCUT2D eigenvalue weighted by Crippen LogP contribution is -2.40. The Balaban J connectivity index is 1.27. The van der Waals surface area contributed by atoms with Crippen LogP contribution < -0.4 is 9.80 Å². The molecule has 1 spiro atoms. The summed E-state index contributed by atoms with van der Waals surface area (Å²) in [6, 6.07) is 6.79. The van der Waals surface area contributed by atoms with E-state index in [2.05, 4.69) is 16.7 Å². The Bertz CT molecular complexity index is 810. The first-order chi connectivity index (χ1) is 15.1. The fourth-order valence-corrected chi connectivity index (χ4v) is 6.42. The summed E-state index contributed by atoms with van der Waals surface area (Å²) in [6.07, 6.45) is 8.63. The Morgan fingerprint density at radius 1 is 1.13 bits per heavy atom. The maximum absolute atomic E-state index is 15.2. The third-order valence-corrected chi connectivity index (χ3v) is 8.23.